The molecule has 2 heterocycles. The summed E-state index contributed by atoms with van der Waals surface area (Å²) in [5.41, 5.74) is 0.946. The predicted molar refractivity (Wildman–Crippen MR) is 64.3 cm³/mol. The Balaban J connectivity index is 2.38. The molecular formula is C10H11Cl2N3O2. The van der Waals surface area contributed by atoms with Crippen molar-refractivity contribution in [2.45, 2.75) is 18.6 Å². The van der Waals surface area contributed by atoms with E-state index in [1.165, 1.54) is 10.7 Å². The highest BCUT2D eigenvalue weighted by molar-refractivity contribution is 6.29. The van der Waals surface area contributed by atoms with Crippen LogP contribution in [-0.4, -0.2) is 36.8 Å². The first-order valence-electron chi connectivity index (χ1n) is 5.05. The first-order valence-corrected chi connectivity index (χ1v) is 5.97. The van der Waals surface area contributed by atoms with Crippen molar-refractivity contribution in [3.05, 3.63) is 29.2 Å². The standard InChI is InChI=1S/C10H11Cl2N3O2/c11-4-3-7(16)10(17)6-5-13-9-2-1-8(12)14-15(6)9/h1-2,5,7,10,16-17H,3-4H2. The Bertz CT molecular complexity index is 517. The molecule has 0 spiro atoms. The Kier molecular flexibility index (Phi) is 3.83. The van der Waals surface area contributed by atoms with E-state index in [4.69, 9.17) is 23.2 Å². The topological polar surface area (TPSA) is 70.7 Å². The van der Waals surface area contributed by atoms with E-state index in [1.807, 2.05) is 0 Å². The molecule has 0 aromatic carbocycles. The second kappa shape index (κ2) is 5.18. The van der Waals surface area contributed by atoms with Crippen LogP contribution in [0.3, 0.4) is 0 Å². The van der Waals surface area contributed by atoms with Crippen LogP contribution in [0.4, 0.5) is 0 Å². The fraction of sp³-hybridized carbons (Fsp3) is 0.400. The molecule has 0 bridgehead atoms. The van der Waals surface area contributed by atoms with E-state index in [0.717, 1.165) is 0 Å². The Morgan fingerprint density at radius 3 is 2.82 bits per heavy atom. The zero-order chi connectivity index (χ0) is 12.4. The quantitative estimate of drug-likeness (QED) is 0.828. The lowest BCUT2D eigenvalue weighted by Crippen LogP contribution is -2.20. The Labute approximate surface area is 108 Å². The molecule has 2 atom stereocenters. The van der Waals surface area contributed by atoms with E-state index in [0.29, 0.717) is 11.3 Å². The molecule has 5 nitrogen and oxygen atoms in total. The van der Waals surface area contributed by atoms with Crippen molar-refractivity contribution in [2.24, 2.45) is 0 Å². The van der Waals surface area contributed by atoms with Crippen molar-refractivity contribution in [1.82, 2.24) is 14.6 Å². The number of aromatic nitrogens is 3. The number of nitrogens with zero attached hydrogens (tertiary/aromatic N) is 3. The minimum Gasteiger partial charge on any atom is -0.390 e. The highest BCUT2D eigenvalue weighted by atomic mass is 35.5. The lowest BCUT2D eigenvalue weighted by molar-refractivity contribution is 0.0134. The number of hydrogen-bond donors (Lipinski definition) is 2. The molecule has 2 aromatic rings. The summed E-state index contributed by atoms with van der Waals surface area (Å²) in [6.45, 7) is 0. The summed E-state index contributed by atoms with van der Waals surface area (Å²) in [5, 5.41) is 23.9. The van der Waals surface area contributed by atoms with Crippen LogP contribution in [0.5, 0.6) is 0 Å². The molecule has 2 unspecified atom stereocenters. The normalized spacial score (nSPS) is 15.1. The predicted octanol–water partition coefficient (Wildman–Crippen LogP) is 1.41. The number of rotatable bonds is 4. The zero-order valence-electron chi connectivity index (χ0n) is 8.79. The number of imidazole rings is 1. The Morgan fingerprint density at radius 1 is 1.35 bits per heavy atom. The maximum atomic E-state index is 9.95. The maximum Gasteiger partial charge on any atom is 0.153 e. The van der Waals surface area contributed by atoms with Gasteiger partial charge in [-0.2, -0.15) is 5.10 Å². The van der Waals surface area contributed by atoms with Crippen LogP contribution in [0.25, 0.3) is 5.65 Å². The number of hydrogen-bond acceptors (Lipinski definition) is 4. The van der Waals surface area contributed by atoms with Gasteiger partial charge in [0.15, 0.2) is 5.65 Å². The third-order valence-electron chi connectivity index (χ3n) is 2.43. The number of alkyl halides is 1. The van der Waals surface area contributed by atoms with Crippen LogP contribution in [0.1, 0.15) is 18.2 Å². The van der Waals surface area contributed by atoms with E-state index < -0.39 is 12.2 Å². The van der Waals surface area contributed by atoms with Crippen molar-refractivity contribution >= 4 is 28.8 Å². The SMILES string of the molecule is OC(CCCl)C(O)c1cnc2ccc(Cl)nn12. The summed E-state index contributed by atoms with van der Waals surface area (Å²) < 4.78 is 1.41. The van der Waals surface area contributed by atoms with Gasteiger partial charge in [-0.05, 0) is 18.6 Å². The molecule has 0 aliphatic rings. The molecule has 0 fully saturated rings. The molecular weight excluding hydrogens is 265 g/mol. The Hall–Kier alpha value is -0.880. The minimum absolute atomic E-state index is 0.267. The van der Waals surface area contributed by atoms with E-state index >= 15 is 0 Å². The second-order valence-corrected chi connectivity index (χ2v) is 4.36. The molecule has 7 heteroatoms. The molecule has 0 saturated carbocycles. The van der Waals surface area contributed by atoms with Gasteiger partial charge in [0.1, 0.15) is 11.3 Å². The van der Waals surface area contributed by atoms with E-state index in [-0.39, 0.29) is 17.5 Å². The average Bonchev–Trinajstić information content (AvgIpc) is 2.71. The van der Waals surface area contributed by atoms with Crippen LogP contribution in [-0.2, 0) is 0 Å². The first-order chi connectivity index (χ1) is 8.13. The molecule has 2 rings (SSSR count). The zero-order valence-corrected chi connectivity index (χ0v) is 10.3. The fourth-order valence-corrected chi connectivity index (χ4v) is 1.90. The highest BCUT2D eigenvalue weighted by Crippen LogP contribution is 2.20. The number of halogens is 2. The van der Waals surface area contributed by atoms with Gasteiger partial charge in [0, 0.05) is 5.88 Å². The van der Waals surface area contributed by atoms with Gasteiger partial charge in [0.25, 0.3) is 0 Å². The largest absolute Gasteiger partial charge is 0.390 e. The number of aliphatic hydroxyl groups excluding tert-OH is 2. The molecule has 0 amide bonds. The van der Waals surface area contributed by atoms with Gasteiger partial charge in [0.2, 0.25) is 0 Å². The number of fused-ring (bicyclic) bond motifs is 1. The lowest BCUT2D eigenvalue weighted by Gasteiger charge is -2.15. The summed E-state index contributed by atoms with van der Waals surface area (Å²) in [4.78, 5) is 4.06. The number of aliphatic hydroxyl groups is 2. The molecule has 2 N–H and O–H groups in total. The first kappa shape index (κ1) is 12.6. The second-order valence-electron chi connectivity index (χ2n) is 3.60. The van der Waals surface area contributed by atoms with Gasteiger partial charge in [-0.1, -0.05) is 11.6 Å². The van der Waals surface area contributed by atoms with E-state index in [1.54, 1.807) is 12.1 Å². The summed E-state index contributed by atoms with van der Waals surface area (Å²) in [7, 11) is 0. The molecule has 92 valence electrons. The van der Waals surface area contributed by atoms with Crippen LogP contribution >= 0.6 is 23.2 Å². The van der Waals surface area contributed by atoms with Crippen molar-refractivity contribution in [2.75, 3.05) is 5.88 Å². The van der Waals surface area contributed by atoms with Gasteiger partial charge in [0.05, 0.1) is 18.0 Å². The smallest absolute Gasteiger partial charge is 0.153 e. The molecule has 0 saturated heterocycles. The summed E-state index contributed by atoms with van der Waals surface area (Å²) in [6, 6.07) is 3.29. The third kappa shape index (κ3) is 2.52. The van der Waals surface area contributed by atoms with Gasteiger partial charge >= 0.3 is 0 Å². The molecule has 0 aliphatic carbocycles. The third-order valence-corrected chi connectivity index (χ3v) is 2.85. The van der Waals surface area contributed by atoms with Gasteiger partial charge in [-0.15, -0.1) is 11.6 Å². The van der Waals surface area contributed by atoms with E-state index in [9.17, 15) is 10.2 Å². The van der Waals surface area contributed by atoms with E-state index in [2.05, 4.69) is 10.1 Å². The molecule has 2 aromatic heterocycles. The van der Waals surface area contributed by atoms with Crippen LogP contribution < -0.4 is 0 Å². The van der Waals surface area contributed by atoms with Crippen molar-refractivity contribution in [3.8, 4) is 0 Å². The van der Waals surface area contributed by atoms with Crippen LogP contribution in [0, 0.1) is 0 Å². The molecule has 0 aliphatic heterocycles. The fourth-order valence-electron chi connectivity index (χ4n) is 1.54. The molecule has 17 heavy (non-hydrogen) atoms. The van der Waals surface area contributed by atoms with Crippen LogP contribution in [0.15, 0.2) is 18.3 Å². The van der Waals surface area contributed by atoms with Crippen molar-refractivity contribution in [1.29, 1.82) is 0 Å². The maximum absolute atomic E-state index is 9.95. The van der Waals surface area contributed by atoms with Gasteiger partial charge < -0.3 is 10.2 Å². The van der Waals surface area contributed by atoms with Crippen LogP contribution in [0.2, 0.25) is 5.15 Å². The summed E-state index contributed by atoms with van der Waals surface area (Å²) in [5.74, 6) is 0.267. The lowest BCUT2D eigenvalue weighted by atomic mass is 10.1. The van der Waals surface area contributed by atoms with Gasteiger partial charge in [-0.3, -0.25) is 0 Å². The van der Waals surface area contributed by atoms with Crippen molar-refractivity contribution < 1.29 is 10.2 Å². The average molecular weight is 276 g/mol. The monoisotopic (exact) mass is 275 g/mol. The minimum atomic E-state index is -1.09. The summed E-state index contributed by atoms with van der Waals surface area (Å²) >= 11 is 11.3. The van der Waals surface area contributed by atoms with Gasteiger partial charge in [-0.25, -0.2) is 9.50 Å². The summed E-state index contributed by atoms with van der Waals surface area (Å²) in [6.07, 6.45) is -0.292. The van der Waals surface area contributed by atoms with Crippen molar-refractivity contribution in [3.63, 3.8) is 0 Å². The highest BCUT2D eigenvalue weighted by Gasteiger charge is 2.22. The molecule has 0 radical (unpaired) electrons. The Morgan fingerprint density at radius 2 is 2.12 bits per heavy atom.